The predicted molar refractivity (Wildman–Crippen MR) is 261 cm³/mol. The number of anilines is 6. The summed E-state index contributed by atoms with van der Waals surface area (Å²) in [7, 11) is 0. The molecule has 0 saturated heterocycles. The molecule has 1 aliphatic rings. The number of rotatable bonds is 8. The summed E-state index contributed by atoms with van der Waals surface area (Å²) in [5.74, 6) is 0.881. The molecule has 0 aromatic heterocycles. The smallest absolute Gasteiger partial charge is 0.0493 e. The van der Waals surface area contributed by atoms with Crippen LogP contribution in [0.25, 0.3) is 43.8 Å². The van der Waals surface area contributed by atoms with Gasteiger partial charge in [0, 0.05) is 34.1 Å². The van der Waals surface area contributed by atoms with Gasteiger partial charge >= 0.3 is 0 Å². The minimum absolute atomic E-state index is 0.441. The summed E-state index contributed by atoms with van der Waals surface area (Å²) < 4.78 is 0. The number of nitrogens with zero attached hydrogens (tertiary/aromatic N) is 2. The van der Waals surface area contributed by atoms with Crippen LogP contribution in [0.2, 0.25) is 0 Å². The van der Waals surface area contributed by atoms with Gasteiger partial charge in [0.25, 0.3) is 0 Å². The first-order valence-corrected chi connectivity index (χ1v) is 21.8. The highest BCUT2D eigenvalue weighted by Crippen LogP contribution is 2.58. The lowest BCUT2D eigenvalue weighted by Gasteiger charge is -2.35. The van der Waals surface area contributed by atoms with Crippen molar-refractivity contribution in [2.45, 2.75) is 94.9 Å². The molecule has 0 radical (unpaired) electrons. The van der Waals surface area contributed by atoms with Gasteiger partial charge in [-0.25, -0.2) is 0 Å². The molecule has 8 aromatic carbocycles. The Morgan fingerprint density at radius 2 is 0.650 bits per heavy atom. The number of fused-ring (bicyclic) bond motifs is 6. The van der Waals surface area contributed by atoms with Crippen molar-refractivity contribution in [1.29, 1.82) is 0 Å². The SMILES string of the molecule is Cc1ccccc1N(c1ccc2c(C)c3c(c(C)c2c1)-c1c-3c(C)c2cc(N(c3ccccc3C)c3cc(C(C)C)ccc3C)ccc2c1C)c1cc(C(C)C)ccc1C. The second-order valence-corrected chi connectivity index (χ2v) is 18.1. The number of para-hydroxylation sites is 2. The van der Waals surface area contributed by atoms with Crippen molar-refractivity contribution in [3.05, 3.63) is 177 Å². The van der Waals surface area contributed by atoms with Gasteiger partial charge in [-0.05, 0) is 215 Å². The molecule has 8 aromatic rings. The summed E-state index contributed by atoms with van der Waals surface area (Å²) in [6.45, 7) is 27.5. The van der Waals surface area contributed by atoms with E-state index in [1.54, 1.807) is 0 Å². The second kappa shape index (κ2) is 14.9. The number of hydrogen-bond acceptors (Lipinski definition) is 2. The monoisotopic (exact) mass is 782 g/mol. The van der Waals surface area contributed by atoms with Crippen LogP contribution in [0.4, 0.5) is 34.1 Å². The molecule has 0 atom stereocenters. The van der Waals surface area contributed by atoms with Crippen LogP contribution in [0.3, 0.4) is 0 Å². The summed E-state index contributed by atoms with van der Waals surface area (Å²) in [4.78, 5) is 4.97. The molecule has 300 valence electrons. The van der Waals surface area contributed by atoms with Gasteiger partial charge in [-0.3, -0.25) is 0 Å². The van der Waals surface area contributed by atoms with Gasteiger partial charge < -0.3 is 9.80 Å². The van der Waals surface area contributed by atoms with Gasteiger partial charge in [-0.15, -0.1) is 0 Å². The quantitative estimate of drug-likeness (QED) is 0.151. The van der Waals surface area contributed by atoms with E-state index < -0.39 is 0 Å². The molecular formula is C58H58N2. The Balaban J connectivity index is 1.22. The molecular weight excluding hydrogens is 725 g/mol. The van der Waals surface area contributed by atoms with Crippen LogP contribution in [0, 0.1) is 55.4 Å². The predicted octanol–water partition coefficient (Wildman–Crippen LogP) is 17.3. The average molecular weight is 783 g/mol. The number of hydrogen-bond donors (Lipinski definition) is 0. The highest BCUT2D eigenvalue weighted by atomic mass is 15.2. The van der Waals surface area contributed by atoms with Gasteiger partial charge in [0.2, 0.25) is 0 Å². The zero-order valence-corrected chi connectivity index (χ0v) is 37.6. The van der Waals surface area contributed by atoms with E-state index in [0.717, 1.165) is 0 Å². The van der Waals surface area contributed by atoms with Crippen molar-refractivity contribution in [1.82, 2.24) is 0 Å². The van der Waals surface area contributed by atoms with Crippen LogP contribution in [0.1, 0.15) is 95.2 Å². The van der Waals surface area contributed by atoms with Crippen molar-refractivity contribution in [2.24, 2.45) is 0 Å². The van der Waals surface area contributed by atoms with E-state index >= 15 is 0 Å². The van der Waals surface area contributed by atoms with E-state index in [9.17, 15) is 0 Å². The molecule has 0 heterocycles. The average Bonchev–Trinajstić information content (AvgIpc) is 3.22. The van der Waals surface area contributed by atoms with Crippen LogP contribution in [-0.4, -0.2) is 0 Å². The Bertz CT molecular complexity index is 2810. The first-order valence-electron chi connectivity index (χ1n) is 21.8. The van der Waals surface area contributed by atoms with Gasteiger partial charge in [0.1, 0.15) is 0 Å². The normalized spacial score (nSPS) is 12.0. The molecule has 9 rings (SSSR count). The second-order valence-electron chi connectivity index (χ2n) is 18.1. The minimum Gasteiger partial charge on any atom is -0.310 e. The Morgan fingerprint density at radius 3 is 1.00 bits per heavy atom. The highest BCUT2D eigenvalue weighted by molar-refractivity contribution is 6.19. The molecule has 60 heavy (non-hydrogen) atoms. The Hall–Kier alpha value is -6.12. The fraction of sp³-hybridized carbons (Fsp3) is 0.241. The Labute approximate surface area is 358 Å². The van der Waals surface area contributed by atoms with Crippen LogP contribution >= 0.6 is 0 Å². The molecule has 0 saturated carbocycles. The lowest BCUT2D eigenvalue weighted by atomic mass is 9.69. The topological polar surface area (TPSA) is 6.48 Å². The fourth-order valence-electron chi connectivity index (χ4n) is 9.99. The standard InChI is InChI=1S/C58H58N2/c1-33(2)43-23-21-37(7)53(29-43)59(51-19-15-13-17-35(51)5)45-25-27-47-39(9)55-57(41(11)49(47)31-45)56-40(10)48-28-26-46(32-50(48)42(12)58(55)56)60(52-20-16-14-18-36(52)6)54-30-44(34(3)4)24-22-38(54)8/h13-34H,1-12H3. The summed E-state index contributed by atoms with van der Waals surface area (Å²) in [5, 5.41) is 5.31. The molecule has 2 nitrogen and oxygen atoms in total. The van der Waals surface area contributed by atoms with E-state index in [2.05, 4.69) is 214 Å². The van der Waals surface area contributed by atoms with Crippen LogP contribution < -0.4 is 9.80 Å². The van der Waals surface area contributed by atoms with Crippen LogP contribution in [0.15, 0.2) is 121 Å². The van der Waals surface area contributed by atoms with Gasteiger partial charge in [0.15, 0.2) is 0 Å². The highest BCUT2D eigenvalue weighted by Gasteiger charge is 2.34. The van der Waals surface area contributed by atoms with E-state index in [0.29, 0.717) is 11.8 Å². The lowest BCUT2D eigenvalue weighted by molar-refractivity contribution is 0.865. The maximum atomic E-state index is 2.49. The van der Waals surface area contributed by atoms with Crippen molar-refractivity contribution >= 4 is 55.7 Å². The molecule has 0 spiro atoms. The summed E-state index contributed by atoms with van der Waals surface area (Å²) in [5.41, 5.74) is 26.2. The zero-order chi connectivity index (χ0) is 42.3. The molecule has 0 aliphatic heterocycles. The first kappa shape index (κ1) is 39.3. The van der Waals surface area contributed by atoms with Gasteiger partial charge in [-0.2, -0.15) is 0 Å². The number of benzene rings is 8. The van der Waals surface area contributed by atoms with Crippen LogP contribution in [-0.2, 0) is 0 Å². The molecule has 0 fully saturated rings. The van der Waals surface area contributed by atoms with Crippen molar-refractivity contribution in [2.75, 3.05) is 9.80 Å². The summed E-state index contributed by atoms with van der Waals surface area (Å²) in [6, 6.07) is 45.9. The van der Waals surface area contributed by atoms with E-state index in [4.69, 9.17) is 0 Å². The molecule has 0 N–H and O–H groups in total. The first-order chi connectivity index (χ1) is 28.8. The fourth-order valence-corrected chi connectivity index (χ4v) is 9.99. The van der Waals surface area contributed by atoms with E-state index in [-0.39, 0.29) is 0 Å². The molecule has 0 amide bonds. The number of aryl methyl sites for hydroxylation is 8. The van der Waals surface area contributed by atoms with Crippen molar-refractivity contribution < 1.29 is 0 Å². The third-order valence-corrected chi connectivity index (χ3v) is 13.6. The van der Waals surface area contributed by atoms with Crippen molar-refractivity contribution in [3.8, 4) is 22.3 Å². The van der Waals surface area contributed by atoms with Crippen LogP contribution in [0.5, 0.6) is 0 Å². The Morgan fingerprint density at radius 1 is 0.317 bits per heavy atom. The minimum atomic E-state index is 0.441. The molecule has 0 unspecified atom stereocenters. The molecule has 0 bridgehead atoms. The zero-order valence-electron chi connectivity index (χ0n) is 37.6. The van der Waals surface area contributed by atoms with E-state index in [1.807, 2.05) is 0 Å². The third-order valence-electron chi connectivity index (χ3n) is 13.6. The third kappa shape index (κ3) is 6.14. The van der Waals surface area contributed by atoms with E-state index in [1.165, 1.54) is 134 Å². The summed E-state index contributed by atoms with van der Waals surface area (Å²) in [6.07, 6.45) is 0. The van der Waals surface area contributed by atoms with Gasteiger partial charge in [-0.1, -0.05) is 100 Å². The maximum absolute atomic E-state index is 2.49. The van der Waals surface area contributed by atoms with Gasteiger partial charge in [0.05, 0.1) is 0 Å². The van der Waals surface area contributed by atoms with Crippen molar-refractivity contribution in [3.63, 3.8) is 0 Å². The lowest BCUT2D eigenvalue weighted by Crippen LogP contribution is -2.14. The molecule has 2 heteroatoms. The summed E-state index contributed by atoms with van der Waals surface area (Å²) >= 11 is 0. The largest absolute Gasteiger partial charge is 0.310 e. The molecule has 1 aliphatic carbocycles. The Kier molecular flexibility index (Phi) is 9.74. The maximum Gasteiger partial charge on any atom is 0.0493 e.